The van der Waals surface area contributed by atoms with E-state index in [2.05, 4.69) is 198 Å². The maximum absolute atomic E-state index is 6.63. The zero-order valence-electron chi connectivity index (χ0n) is 29.8. The summed E-state index contributed by atoms with van der Waals surface area (Å²) in [4.78, 5) is 5.37. The summed E-state index contributed by atoms with van der Waals surface area (Å²) in [5.41, 5.74) is 14.8. The fourth-order valence-corrected chi connectivity index (χ4v) is 9.63. The van der Waals surface area contributed by atoms with E-state index in [0.717, 1.165) is 39.8 Å². The minimum atomic E-state index is -0.546. The molecular weight excluding hydrogens is 671 g/mol. The highest BCUT2D eigenvalue weighted by molar-refractivity contribution is 6.13. The number of para-hydroxylation sites is 4. The van der Waals surface area contributed by atoms with Gasteiger partial charge >= 0.3 is 0 Å². The predicted molar refractivity (Wildman–Crippen MR) is 223 cm³/mol. The standard InChI is InChI=1S/C51H33N3O/c1-2-15-32(16-3-1)49-37-21-5-10-25-44(37)52-50(53-49)33-17-14-18-34(29-33)54-45-26-11-6-20-36(45)39-30-38-35-19-4-7-22-40(35)51(43(38)31-46(39)54)41-23-8-12-27-47(41)55-48-28-13-9-24-42(48)51/h1-31,49H,(H,52,53). The molecule has 1 aliphatic carbocycles. The molecule has 4 heteroatoms. The molecule has 0 bridgehead atoms. The van der Waals surface area contributed by atoms with Crippen LogP contribution in [0.15, 0.2) is 193 Å². The summed E-state index contributed by atoms with van der Waals surface area (Å²) < 4.78 is 9.07. The van der Waals surface area contributed by atoms with Crippen LogP contribution in [0.2, 0.25) is 0 Å². The van der Waals surface area contributed by atoms with Gasteiger partial charge in [-0.3, -0.25) is 4.99 Å². The van der Waals surface area contributed by atoms with Crippen LogP contribution in [0.1, 0.15) is 45.0 Å². The molecule has 1 atom stereocenters. The molecule has 0 radical (unpaired) electrons. The van der Waals surface area contributed by atoms with E-state index in [9.17, 15) is 0 Å². The fraction of sp³-hybridized carbons (Fsp3) is 0.0392. The highest BCUT2D eigenvalue weighted by Crippen LogP contribution is 2.62. The first-order valence-corrected chi connectivity index (χ1v) is 18.9. The number of hydrogen-bond donors (Lipinski definition) is 1. The maximum atomic E-state index is 6.63. The van der Waals surface area contributed by atoms with Crippen molar-refractivity contribution in [2.24, 2.45) is 4.99 Å². The zero-order chi connectivity index (χ0) is 36.1. The van der Waals surface area contributed by atoms with E-state index in [1.807, 2.05) is 0 Å². The van der Waals surface area contributed by atoms with Crippen LogP contribution >= 0.6 is 0 Å². The van der Waals surface area contributed by atoms with Gasteiger partial charge in [-0.1, -0.05) is 140 Å². The highest BCUT2D eigenvalue weighted by Gasteiger charge is 2.51. The van der Waals surface area contributed by atoms with Crippen molar-refractivity contribution < 1.29 is 4.74 Å². The molecule has 55 heavy (non-hydrogen) atoms. The number of aromatic nitrogens is 1. The van der Waals surface area contributed by atoms with Gasteiger partial charge in [0.15, 0.2) is 0 Å². The monoisotopic (exact) mass is 703 g/mol. The van der Waals surface area contributed by atoms with Crippen molar-refractivity contribution in [3.8, 4) is 28.3 Å². The molecule has 4 nitrogen and oxygen atoms in total. The predicted octanol–water partition coefficient (Wildman–Crippen LogP) is 12.2. The summed E-state index contributed by atoms with van der Waals surface area (Å²) in [5, 5.41) is 6.14. The van der Waals surface area contributed by atoms with Crippen molar-refractivity contribution in [2.75, 3.05) is 5.32 Å². The normalized spacial score (nSPS) is 15.6. The lowest BCUT2D eigenvalue weighted by atomic mass is 9.66. The van der Waals surface area contributed by atoms with Crippen molar-refractivity contribution in [3.05, 3.63) is 227 Å². The summed E-state index contributed by atoms with van der Waals surface area (Å²) in [6, 6.07) is 67.6. The van der Waals surface area contributed by atoms with Gasteiger partial charge in [-0.05, 0) is 76.3 Å². The van der Waals surface area contributed by atoms with Crippen molar-refractivity contribution in [1.82, 2.24) is 4.57 Å². The van der Waals surface area contributed by atoms with E-state index in [-0.39, 0.29) is 6.04 Å². The fourth-order valence-electron chi connectivity index (χ4n) is 9.63. The van der Waals surface area contributed by atoms with E-state index in [4.69, 9.17) is 9.73 Å². The second-order valence-electron chi connectivity index (χ2n) is 14.7. The molecule has 2 aliphatic heterocycles. The lowest BCUT2D eigenvalue weighted by molar-refractivity contribution is 0.436. The third-order valence-corrected chi connectivity index (χ3v) is 11.9. The van der Waals surface area contributed by atoms with Gasteiger partial charge in [0.2, 0.25) is 0 Å². The number of fused-ring (bicyclic) bond motifs is 13. The van der Waals surface area contributed by atoms with Gasteiger partial charge in [0.1, 0.15) is 23.4 Å². The second-order valence-corrected chi connectivity index (χ2v) is 14.7. The highest BCUT2D eigenvalue weighted by atomic mass is 16.5. The number of nitrogens with one attached hydrogen (secondary N) is 1. The molecule has 9 aromatic rings. The Bertz CT molecular complexity index is 3020. The zero-order valence-corrected chi connectivity index (χ0v) is 29.8. The molecule has 3 heterocycles. The Labute approximate surface area is 318 Å². The maximum Gasteiger partial charge on any atom is 0.133 e. The quantitative estimate of drug-likeness (QED) is 0.199. The summed E-state index contributed by atoms with van der Waals surface area (Å²) in [6.45, 7) is 0. The first kappa shape index (κ1) is 30.3. The largest absolute Gasteiger partial charge is 0.457 e. The van der Waals surface area contributed by atoms with Crippen LogP contribution in [-0.2, 0) is 5.41 Å². The molecule has 0 saturated heterocycles. The third kappa shape index (κ3) is 4.19. The van der Waals surface area contributed by atoms with Crippen LogP contribution in [-0.4, -0.2) is 10.4 Å². The molecule has 0 amide bonds. The molecular formula is C51H33N3O. The van der Waals surface area contributed by atoms with Crippen molar-refractivity contribution in [1.29, 1.82) is 0 Å². The molecule has 3 aliphatic rings. The Balaban J connectivity index is 1.11. The number of anilines is 1. The molecule has 258 valence electrons. The van der Waals surface area contributed by atoms with Crippen LogP contribution in [0, 0.1) is 0 Å². The summed E-state index contributed by atoms with van der Waals surface area (Å²) in [7, 11) is 0. The molecule has 0 fully saturated rings. The topological polar surface area (TPSA) is 38.5 Å². The number of amidine groups is 1. The van der Waals surface area contributed by atoms with E-state index < -0.39 is 5.41 Å². The summed E-state index contributed by atoms with van der Waals surface area (Å²) in [5.74, 6) is 2.66. The van der Waals surface area contributed by atoms with E-state index >= 15 is 0 Å². The lowest BCUT2D eigenvalue weighted by Crippen LogP contribution is -2.32. The Kier molecular flexibility index (Phi) is 6.29. The SMILES string of the molecule is c1ccc(C2N=C(c3cccc(-n4c5ccccc5c5cc6c(cc54)C4(c5ccccc5Oc5ccccc54)c4ccccc4-6)c3)Nc3ccccc32)cc1. The molecule has 1 spiro atoms. The van der Waals surface area contributed by atoms with Gasteiger partial charge < -0.3 is 14.6 Å². The van der Waals surface area contributed by atoms with Gasteiger partial charge in [0, 0.05) is 44.4 Å². The number of benzene rings is 8. The summed E-state index contributed by atoms with van der Waals surface area (Å²) >= 11 is 0. The van der Waals surface area contributed by atoms with Gasteiger partial charge in [0.25, 0.3) is 0 Å². The van der Waals surface area contributed by atoms with Crippen molar-refractivity contribution in [3.63, 3.8) is 0 Å². The number of aliphatic imine (C=N–C) groups is 1. The Morgan fingerprint density at radius 2 is 1.20 bits per heavy atom. The number of hydrogen-bond acceptors (Lipinski definition) is 3. The first-order valence-electron chi connectivity index (χ1n) is 18.9. The van der Waals surface area contributed by atoms with Gasteiger partial charge in [-0.15, -0.1) is 0 Å². The minimum absolute atomic E-state index is 0.101. The van der Waals surface area contributed by atoms with Gasteiger partial charge in [0.05, 0.1) is 16.4 Å². The van der Waals surface area contributed by atoms with Crippen LogP contribution in [0.4, 0.5) is 5.69 Å². The van der Waals surface area contributed by atoms with Crippen LogP contribution < -0.4 is 10.1 Å². The van der Waals surface area contributed by atoms with E-state index in [0.29, 0.717) is 0 Å². The molecule has 12 rings (SSSR count). The van der Waals surface area contributed by atoms with Gasteiger partial charge in [-0.25, -0.2) is 0 Å². The van der Waals surface area contributed by atoms with E-state index in [1.165, 1.54) is 60.8 Å². The molecule has 0 saturated carbocycles. The second kappa shape index (κ2) is 11.4. The van der Waals surface area contributed by atoms with E-state index in [1.54, 1.807) is 0 Å². The molecule has 1 aromatic heterocycles. The number of rotatable bonds is 3. The van der Waals surface area contributed by atoms with Crippen LogP contribution in [0.3, 0.4) is 0 Å². The average molecular weight is 704 g/mol. The van der Waals surface area contributed by atoms with Crippen molar-refractivity contribution >= 4 is 33.3 Å². The lowest BCUT2D eigenvalue weighted by Gasteiger charge is -2.39. The van der Waals surface area contributed by atoms with Gasteiger partial charge in [-0.2, -0.15) is 0 Å². The third-order valence-electron chi connectivity index (χ3n) is 11.9. The number of ether oxygens (including phenoxy) is 1. The molecule has 1 N–H and O–H groups in total. The Morgan fingerprint density at radius 3 is 2.04 bits per heavy atom. The minimum Gasteiger partial charge on any atom is -0.457 e. The summed E-state index contributed by atoms with van der Waals surface area (Å²) in [6.07, 6.45) is 0. The van der Waals surface area contributed by atoms with Crippen molar-refractivity contribution in [2.45, 2.75) is 11.5 Å². The van der Waals surface area contributed by atoms with Crippen LogP contribution in [0.5, 0.6) is 11.5 Å². The smallest absolute Gasteiger partial charge is 0.133 e. The molecule has 1 unspecified atom stereocenters. The Hall–Kier alpha value is -7.17. The number of nitrogens with zero attached hydrogens (tertiary/aromatic N) is 2. The Morgan fingerprint density at radius 1 is 0.509 bits per heavy atom. The van der Waals surface area contributed by atoms with Crippen LogP contribution in [0.25, 0.3) is 38.6 Å². The molecule has 8 aromatic carbocycles. The average Bonchev–Trinajstić information content (AvgIpc) is 3.73. The first-order chi connectivity index (χ1) is 27.3.